The van der Waals surface area contributed by atoms with Gasteiger partial charge < -0.3 is 10.2 Å². The number of carbonyl (C=O) groups is 1. The monoisotopic (exact) mass is 387 g/mol. The maximum atomic E-state index is 11.1. The standard InChI is InChI=1S/C16H21N9OS/c1-11(26)10-18-15-20-21-16(27-15)24-8-6-23(7-9-24)12(2)13-19-14-17-4-3-5-25(14)22-13/h3-5,12H,6-10H2,1-2H3,(H,18,20)/t12-/m0/s1. The van der Waals surface area contributed by atoms with Crippen LogP contribution in [0.15, 0.2) is 18.5 Å². The summed E-state index contributed by atoms with van der Waals surface area (Å²) in [5.74, 6) is 1.48. The van der Waals surface area contributed by atoms with Gasteiger partial charge in [-0.2, -0.15) is 4.98 Å². The molecule has 0 radical (unpaired) electrons. The Morgan fingerprint density at radius 3 is 2.85 bits per heavy atom. The molecule has 10 nitrogen and oxygen atoms in total. The third kappa shape index (κ3) is 3.88. The Balaban J connectivity index is 1.36. The van der Waals surface area contributed by atoms with E-state index in [0.717, 1.165) is 37.1 Å². The van der Waals surface area contributed by atoms with Gasteiger partial charge in [0.1, 0.15) is 5.78 Å². The first-order valence-corrected chi connectivity index (χ1v) is 9.65. The number of aromatic nitrogens is 6. The van der Waals surface area contributed by atoms with Gasteiger partial charge in [0.05, 0.1) is 12.6 Å². The first kappa shape index (κ1) is 17.7. The molecule has 3 aromatic heterocycles. The molecular weight excluding hydrogens is 366 g/mol. The van der Waals surface area contributed by atoms with Gasteiger partial charge in [-0.3, -0.25) is 9.69 Å². The van der Waals surface area contributed by atoms with Crippen molar-refractivity contribution in [3.63, 3.8) is 0 Å². The minimum absolute atomic E-state index is 0.0742. The lowest BCUT2D eigenvalue weighted by Gasteiger charge is -2.36. The highest BCUT2D eigenvalue weighted by Crippen LogP contribution is 2.26. The number of rotatable bonds is 6. The summed E-state index contributed by atoms with van der Waals surface area (Å²) in [6.45, 7) is 7.44. The average molecular weight is 387 g/mol. The molecule has 0 bridgehead atoms. The minimum atomic E-state index is 0.0742. The summed E-state index contributed by atoms with van der Waals surface area (Å²) in [6, 6.07) is 1.97. The maximum Gasteiger partial charge on any atom is 0.252 e. The van der Waals surface area contributed by atoms with Crippen LogP contribution in [0.1, 0.15) is 25.7 Å². The van der Waals surface area contributed by atoms with E-state index in [9.17, 15) is 4.79 Å². The number of anilines is 2. The van der Waals surface area contributed by atoms with Crippen LogP contribution in [0.4, 0.5) is 10.3 Å². The molecule has 0 aliphatic carbocycles. The van der Waals surface area contributed by atoms with Crippen molar-refractivity contribution in [2.75, 3.05) is 42.9 Å². The Bertz CT molecular complexity index is 898. The van der Waals surface area contributed by atoms with Gasteiger partial charge in [0.25, 0.3) is 5.78 Å². The van der Waals surface area contributed by atoms with Crippen LogP contribution < -0.4 is 10.2 Å². The second-order valence-electron chi connectivity index (χ2n) is 6.48. The topological polar surface area (TPSA) is 104 Å². The Kier molecular flexibility index (Phi) is 4.94. The molecule has 4 heterocycles. The second kappa shape index (κ2) is 7.53. The van der Waals surface area contributed by atoms with Crippen LogP contribution in [0, 0.1) is 0 Å². The van der Waals surface area contributed by atoms with Gasteiger partial charge in [-0.25, -0.2) is 9.50 Å². The van der Waals surface area contributed by atoms with Gasteiger partial charge in [-0.15, -0.1) is 15.3 Å². The van der Waals surface area contributed by atoms with Gasteiger partial charge in [-0.1, -0.05) is 11.3 Å². The fourth-order valence-corrected chi connectivity index (χ4v) is 3.80. The van der Waals surface area contributed by atoms with Crippen LogP contribution in [0.5, 0.6) is 0 Å². The van der Waals surface area contributed by atoms with Gasteiger partial charge in [-0.05, 0) is 19.9 Å². The van der Waals surface area contributed by atoms with E-state index in [2.05, 4.69) is 47.3 Å². The fraction of sp³-hybridized carbons (Fsp3) is 0.500. The predicted molar refractivity (Wildman–Crippen MR) is 102 cm³/mol. The Labute approximate surface area is 160 Å². The molecule has 1 aliphatic rings. The number of nitrogens with one attached hydrogen (secondary N) is 1. The van der Waals surface area contributed by atoms with E-state index in [4.69, 9.17) is 0 Å². The van der Waals surface area contributed by atoms with E-state index in [1.165, 1.54) is 11.3 Å². The summed E-state index contributed by atoms with van der Waals surface area (Å²) >= 11 is 1.48. The summed E-state index contributed by atoms with van der Waals surface area (Å²) in [6.07, 6.45) is 3.58. The minimum Gasteiger partial charge on any atom is -0.353 e. The van der Waals surface area contributed by atoms with E-state index in [1.54, 1.807) is 17.6 Å². The molecule has 11 heteroatoms. The van der Waals surface area contributed by atoms with E-state index in [-0.39, 0.29) is 18.4 Å². The van der Waals surface area contributed by atoms with Gasteiger partial charge in [0.15, 0.2) is 5.82 Å². The number of nitrogens with zero attached hydrogens (tertiary/aromatic N) is 8. The smallest absolute Gasteiger partial charge is 0.252 e. The molecule has 1 saturated heterocycles. The van der Waals surface area contributed by atoms with Crippen molar-refractivity contribution in [1.29, 1.82) is 0 Å². The zero-order chi connectivity index (χ0) is 18.8. The largest absolute Gasteiger partial charge is 0.353 e. The quantitative estimate of drug-likeness (QED) is 0.659. The Morgan fingerprint density at radius 1 is 1.30 bits per heavy atom. The molecule has 27 heavy (non-hydrogen) atoms. The maximum absolute atomic E-state index is 11.1. The molecule has 1 N–H and O–H groups in total. The highest BCUT2D eigenvalue weighted by Gasteiger charge is 2.26. The van der Waals surface area contributed by atoms with Crippen LogP contribution in [0.25, 0.3) is 5.78 Å². The first-order chi connectivity index (χ1) is 13.1. The summed E-state index contributed by atoms with van der Waals surface area (Å²) in [5, 5.41) is 17.4. The van der Waals surface area contributed by atoms with E-state index in [1.807, 2.05) is 12.3 Å². The molecule has 0 unspecified atom stereocenters. The van der Waals surface area contributed by atoms with Gasteiger partial charge >= 0.3 is 0 Å². The van der Waals surface area contributed by atoms with Crippen molar-refractivity contribution >= 4 is 33.2 Å². The molecule has 0 amide bonds. The fourth-order valence-electron chi connectivity index (χ4n) is 3.00. The van der Waals surface area contributed by atoms with Crippen molar-refractivity contribution in [2.24, 2.45) is 0 Å². The average Bonchev–Trinajstić information content (AvgIpc) is 3.33. The van der Waals surface area contributed by atoms with Gasteiger partial charge in [0, 0.05) is 38.6 Å². The normalized spacial score (nSPS) is 16.6. The van der Waals surface area contributed by atoms with Crippen LogP contribution >= 0.6 is 11.3 Å². The number of hydrogen-bond donors (Lipinski definition) is 1. The summed E-state index contributed by atoms with van der Waals surface area (Å²) in [5.41, 5.74) is 0. The second-order valence-corrected chi connectivity index (χ2v) is 7.43. The number of ketones is 1. The van der Waals surface area contributed by atoms with Crippen molar-refractivity contribution in [3.05, 3.63) is 24.3 Å². The van der Waals surface area contributed by atoms with Crippen molar-refractivity contribution in [2.45, 2.75) is 19.9 Å². The molecule has 1 aliphatic heterocycles. The number of fused-ring (bicyclic) bond motifs is 1. The molecule has 142 valence electrons. The third-order valence-electron chi connectivity index (χ3n) is 4.54. The van der Waals surface area contributed by atoms with Crippen molar-refractivity contribution in [3.8, 4) is 0 Å². The molecule has 3 aromatic rings. The van der Waals surface area contributed by atoms with Gasteiger partial charge in [0.2, 0.25) is 10.3 Å². The van der Waals surface area contributed by atoms with Crippen molar-refractivity contribution in [1.82, 2.24) is 34.7 Å². The molecule has 1 atom stereocenters. The molecule has 4 rings (SSSR count). The Hall–Kier alpha value is -2.66. The number of carbonyl (C=O) groups excluding carboxylic acids is 1. The van der Waals surface area contributed by atoms with Crippen LogP contribution in [-0.2, 0) is 4.79 Å². The van der Waals surface area contributed by atoms with E-state index < -0.39 is 0 Å². The van der Waals surface area contributed by atoms with E-state index >= 15 is 0 Å². The number of hydrogen-bond acceptors (Lipinski definition) is 10. The molecular formula is C16H21N9OS. The van der Waals surface area contributed by atoms with E-state index in [0.29, 0.717) is 10.9 Å². The lowest BCUT2D eigenvalue weighted by atomic mass is 10.2. The molecule has 0 aromatic carbocycles. The summed E-state index contributed by atoms with van der Waals surface area (Å²) in [7, 11) is 0. The zero-order valence-electron chi connectivity index (χ0n) is 15.2. The van der Waals surface area contributed by atoms with Crippen molar-refractivity contribution < 1.29 is 4.79 Å². The van der Waals surface area contributed by atoms with Crippen LogP contribution in [0.3, 0.4) is 0 Å². The predicted octanol–water partition coefficient (Wildman–Crippen LogP) is 0.860. The first-order valence-electron chi connectivity index (χ1n) is 8.83. The highest BCUT2D eigenvalue weighted by atomic mass is 32.1. The lowest BCUT2D eigenvalue weighted by molar-refractivity contribution is -0.115. The summed E-state index contributed by atoms with van der Waals surface area (Å²) in [4.78, 5) is 24.4. The molecule has 0 spiro atoms. The lowest BCUT2D eigenvalue weighted by Crippen LogP contribution is -2.47. The van der Waals surface area contributed by atoms with Crippen LogP contribution in [0.2, 0.25) is 0 Å². The number of piperazine rings is 1. The highest BCUT2D eigenvalue weighted by molar-refractivity contribution is 7.19. The third-order valence-corrected chi connectivity index (χ3v) is 5.48. The molecule has 0 saturated carbocycles. The Morgan fingerprint density at radius 2 is 2.11 bits per heavy atom. The van der Waals surface area contributed by atoms with Crippen LogP contribution in [-0.4, -0.2) is 73.2 Å². The summed E-state index contributed by atoms with van der Waals surface area (Å²) < 4.78 is 1.71. The molecule has 1 fully saturated rings. The number of Topliss-reactive ketones (excluding diaryl/α,β-unsaturated/α-hetero) is 1. The SMILES string of the molecule is CC(=O)CNc1nnc(N2CCN([C@@H](C)c3nc4ncccn4n3)CC2)s1. The zero-order valence-corrected chi connectivity index (χ0v) is 16.1.